The van der Waals surface area contributed by atoms with Crippen LogP contribution in [0.1, 0.15) is 25.5 Å². The Morgan fingerprint density at radius 2 is 1.88 bits per heavy atom. The van der Waals surface area contributed by atoms with Gasteiger partial charge in [0.05, 0.1) is 6.61 Å². The van der Waals surface area contributed by atoms with E-state index in [1.807, 2.05) is 6.07 Å². The largest absolute Gasteiger partial charge is 0.463 e. The Kier molecular flexibility index (Phi) is 4.51. The smallest absolute Gasteiger partial charge is 0.352 e. The molecule has 0 aliphatic heterocycles. The summed E-state index contributed by atoms with van der Waals surface area (Å²) in [6.07, 6.45) is -0.973. The average Bonchev–Trinajstić information content (AvgIpc) is 2.27. The Labute approximate surface area is 94.2 Å². The third-order valence-corrected chi connectivity index (χ3v) is 1.89. The first-order valence-electron chi connectivity index (χ1n) is 5.04. The molecule has 0 saturated heterocycles. The van der Waals surface area contributed by atoms with Crippen molar-refractivity contribution in [1.82, 2.24) is 0 Å². The van der Waals surface area contributed by atoms with Crippen LogP contribution in [-0.4, -0.2) is 18.5 Å². The lowest BCUT2D eigenvalue weighted by atomic mass is 10.1. The van der Waals surface area contributed by atoms with Gasteiger partial charge >= 0.3 is 11.9 Å². The minimum Gasteiger partial charge on any atom is -0.463 e. The molecule has 0 unspecified atom stereocenters. The van der Waals surface area contributed by atoms with E-state index in [4.69, 9.17) is 9.47 Å². The van der Waals surface area contributed by atoms with Gasteiger partial charge in [-0.1, -0.05) is 30.3 Å². The third-order valence-electron chi connectivity index (χ3n) is 1.89. The van der Waals surface area contributed by atoms with Crippen LogP contribution in [0.4, 0.5) is 0 Å². The number of hydrogen-bond donors (Lipinski definition) is 0. The lowest BCUT2D eigenvalue weighted by Gasteiger charge is -2.15. The van der Waals surface area contributed by atoms with Gasteiger partial charge < -0.3 is 9.47 Å². The normalized spacial score (nSPS) is 11.6. The second kappa shape index (κ2) is 5.90. The van der Waals surface area contributed by atoms with Crippen molar-refractivity contribution in [3.8, 4) is 0 Å². The molecule has 0 aliphatic carbocycles. The maximum atomic E-state index is 11.6. The van der Waals surface area contributed by atoms with Gasteiger partial charge in [-0.05, 0) is 6.92 Å². The monoisotopic (exact) mass is 222 g/mol. The zero-order chi connectivity index (χ0) is 12.0. The number of carbonyl (C=O) groups excluding carboxylic acids is 2. The van der Waals surface area contributed by atoms with Crippen LogP contribution in [0.2, 0.25) is 0 Å². The standard InChI is InChI=1S/C12H14O4/c1-3-15-12(14)11(16-9(2)13)10-7-5-4-6-8-10/h4-8,11H,3H2,1-2H3/t11-/m0/s1. The predicted octanol–water partition coefficient (Wildman–Crippen LogP) is 1.85. The minimum atomic E-state index is -0.973. The van der Waals surface area contributed by atoms with Crippen molar-refractivity contribution in [2.45, 2.75) is 20.0 Å². The molecule has 0 saturated carbocycles. The van der Waals surface area contributed by atoms with Crippen LogP contribution in [0.25, 0.3) is 0 Å². The quantitative estimate of drug-likeness (QED) is 0.729. The Hall–Kier alpha value is -1.84. The molecule has 0 heterocycles. The van der Waals surface area contributed by atoms with Gasteiger partial charge in [-0.2, -0.15) is 0 Å². The maximum Gasteiger partial charge on any atom is 0.352 e. The summed E-state index contributed by atoms with van der Waals surface area (Å²) in [4.78, 5) is 22.5. The van der Waals surface area contributed by atoms with Crippen molar-refractivity contribution in [2.75, 3.05) is 6.61 Å². The van der Waals surface area contributed by atoms with Gasteiger partial charge in [0.15, 0.2) is 0 Å². The fourth-order valence-corrected chi connectivity index (χ4v) is 1.26. The van der Waals surface area contributed by atoms with Gasteiger partial charge in [-0.25, -0.2) is 4.79 Å². The minimum absolute atomic E-state index is 0.253. The van der Waals surface area contributed by atoms with E-state index >= 15 is 0 Å². The molecule has 1 aromatic rings. The fraction of sp³-hybridized carbons (Fsp3) is 0.333. The first-order valence-corrected chi connectivity index (χ1v) is 5.04. The lowest BCUT2D eigenvalue weighted by molar-refractivity contribution is -0.167. The predicted molar refractivity (Wildman–Crippen MR) is 57.6 cm³/mol. The molecule has 0 fully saturated rings. The second-order valence-corrected chi connectivity index (χ2v) is 3.15. The van der Waals surface area contributed by atoms with Crippen LogP contribution < -0.4 is 0 Å². The van der Waals surface area contributed by atoms with E-state index in [2.05, 4.69) is 0 Å². The molecule has 0 aromatic heterocycles. The highest BCUT2D eigenvalue weighted by molar-refractivity contribution is 5.80. The molecular formula is C12H14O4. The van der Waals surface area contributed by atoms with Crippen LogP contribution in [0.3, 0.4) is 0 Å². The van der Waals surface area contributed by atoms with E-state index in [9.17, 15) is 9.59 Å². The number of esters is 2. The molecule has 1 aromatic carbocycles. The van der Waals surface area contributed by atoms with Crippen LogP contribution in [-0.2, 0) is 19.1 Å². The lowest BCUT2D eigenvalue weighted by Crippen LogP contribution is -2.20. The molecule has 4 heteroatoms. The highest BCUT2D eigenvalue weighted by Crippen LogP contribution is 2.18. The summed E-state index contributed by atoms with van der Waals surface area (Å²) < 4.78 is 9.78. The molecule has 1 atom stereocenters. The molecule has 86 valence electrons. The van der Waals surface area contributed by atoms with Gasteiger partial charge in [0, 0.05) is 12.5 Å². The molecular weight excluding hydrogens is 208 g/mol. The Morgan fingerprint density at radius 1 is 1.25 bits per heavy atom. The number of ether oxygens (including phenoxy) is 2. The van der Waals surface area contributed by atoms with Crippen molar-refractivity contribution in [3.63, 3.8) is 0 Å². The average molecular weight is 222 g/mol. The Bertz CT molecular complexity index is 359. The number of carbonyl (C=O) groups is 2. The summed E-state index contributed by atoms with van der Waals surface area (Å²) in [7, 11) is 0. The molecule has 0 amide bonds. The van der Waals surface area contributed by atoms with E-state index in [-0.39, 0.29) is 6.61 Å². The van der Waals surface area contributed by atoms with E-state index in [0.717, 1.165) is 0 Å². The maximum absolute atomic E-state index is 11.6. The van der Waals surface area contributed by atoms with Gasteiger partial charge in [0.25, 0.3) is 0 Å². The van der Waals surface area contributed by atoms with Crippen LogP contribution in [0.15, 0.2) is 30.3 Å². The SMILES string of the molecule is CCOC(=O)[C@@H](OC(C)=O)c1ccccc1. The van der Waals surface area contributed by atoms with Crippen LogP contribution >= 0.6 is 0 Å². The van der Waals surface area contributed by atoms with Crippen molar-refractivity contribution in [2.24, 2.45) is 0 Å². The first-order chi connectivity index (χ1) is 7.65. The topological polar surface area (TPSA) is 52.6 Å². The number of benzene rings is 1. The Morgan fingerprint density at radius 3 is 2.38 bits per heavy atom. The number of hydrogen-bond acceptors (Lipinski definition) is 4. The zero-order valence-corrected chi connectivity index (χ0v) is 9.30. The molecule has 16 heavy (non-hydrogen) atoms. The molecule has 0 radical (unpaired) electrons. The summed E-state index contributed by atoms with van der Waals surface area (Å²) in [5, 5.41) is 0. The summed E-state index contributed by atoms with van der Waals surface area (Å²) in [6.45, 7) is 3.21. The third kappa shape index (κ3) is 3.38. The van der Waals surface area contributed by atoms with Gasteiger partial charge in [-0.3, -0.25) is 4.79 Å². The molecule has 0 spiro atoms. The fourth-order valence-electron chi connectivity index (χ4n) is 1.26. The summed E-state index contributed by atoms with van der Waals surface area (Å²) >= 11 is 0. The van der Waals surface area contributed by atoms with Gasteiger partial charge in [0.2, 0.25) is 6.10 Å². The van der Waals surface area contributed by atoms with E-state index in [0.29, 0.717) is 5.56 Å². The molecule has 0 bridgehead atoms. The molecule has 0 aliphatic rings. The van der Waals surface area contributed by atoms with Crippen LogP contribution in [0.5, 0.6) is 0 Å². The van der Waals surface area contributed by atoms with Crippen LogP contribution in [0, 0.1) is 0 Å². The highest BCUT2D eigenvalue weighted by Gasteiger charge is 2.24. The summed E-state index contributed by atoms with van der Waals surface area (Å²) in [6, 6.07) is 8.78. The van der Waals surface area contributed by atoms with Crippen molar-refractivity contribution >= 4 is 11.9 Å². The van der Waals surface area contributed by atoms with Crippen molar-refractivity contribution in [1.29, 1.82) is 0 Å². The number of rotatable bonds is 4. The molecule has 1 rings (SSSR count). The summed E-state index contributed by atoms with van der Waals surface area (Å²) in [5.74, 6) is -1.06. The highest BCUT2D eigenvalue weighted by atomic mass is 16.6. The first kappa shape index (κ1) is 12.2. The van der Waals surface area contributed by atoms with E-state index < -0.39 is 18.0 Å². The van der Waals surface area contributed by atoms with E-state index in [1.165, 1.54) is 6.92 Å². The zero-order valence-electron chi connectivity index (χ0n) is 9.30. The second-order valence-electron chi connectivity index (χ2n) is 3.15. The molecule has 4 nitrogen and oxygen atoms in total. The van der Waals surface area contributed by atoms with Crippen molar-refractivity contribution < 1.29 is 19.1 Å². The summed E-state index contributed by atoms with van der Waals surface area (Å²) in [5.41, 5.74) is 0.608. The molecule has 0 N–H and O–H groups in total. The van der Waals surface area contributed by atoms with E-state index in [1.54, 1.807) is 31.2 Å². The van der Waals surface area contributed by atoms with Gasteiger partial charge in [-0.15, -0.1) is 0 Å². The van der Waals surface area contributed by atoms with Gasteiger partial charge in [0.1, 0.15) is 0 Å². The Balaban J connectivity index is 2.87. The van der Waals surface area contributed by atoms with Crippen molar-refractivity contribution in [3.05, 3.63) is 35.9 Å².